The predicted octanol–water partition coefficient (Wildman–Crippen LogP) is 2.13. The number of carbonyl (C=O) groups is 2. The molecule has 1 aromatic rings. The summed E-state index contributed by atoms with van der Waals surface area (Å²) in [4.78, 5) is 22.7. The summed E-state index contributed by atoms with van der Waals surface area (Å²) in [5, 5.41) is 11.6. The molecule has 0 heterocycles. The molecular weight excluding hydrogens is 258 g/mol. The molecule has 1 amide bonds. The fourth-order valence-corrected chi connectivity index (χ4v) is 1.68. The summed E-state index contributed by atoms with van der Waals surface area (Å²) in [6.45, 7) is 3.80. The lowest BCUT2D eigenvalue weighted by Crippen LogP contribution is -2.33. The van der Waals surface area contributed by atoms with Gasteiger partial charge in [-0.15, -0.1) is 0 Å². The first-order valence-corrected chi connectivity index (χ1v) is 6.70. The van der Waals surface area contributed by atoms with Crippen molar-refractivity contribution in [3.8, 4) is 0 Å². The van der Waals surface area contributed by atoms with Crippen LogP contribution in [0.2, 0.25) is 0 Å². The monoisotopic (exact) mass is 279 g/mol. The number of hydrogen-bond donors (Lipinski definition) is 2. The Morgan fingerprint density at radius 2 is 1.95 bits per heavy atom. The zero-order valence-electron chi connectivity index (χ0n) is 11.8. The molecule has 1 rings (SSSR count). The predicted molar refractivity (Wildman–Crippen MR) is 75.3 cm³/mol. The Morgan fingerprint density at radius 3 is 2.50 bits per heavy atom. The van der Waals surface area contributed by atoms with Gasteiger partial charge in [-0.25, -0.2) is 0 Å². The van der Waals surface area contributed by atoms with Crippen molar-refractivity contribution < 1.29 is 19.4 Å². The number of carboxylic acid groups (broad SMARTS) is 1. The number of hydrogen-bond acceptors (Lipinski definition) is 3. The van der Waals surface area contributed by atoms with Crippen molar-refractivity contribution in [1.29, 1.82) is 0 Å². The van der Waals surface area contributed by atoms with E-state index < -0.39 is 12.0 Å². The average Bonchev–Trinajstić information content (AvgIpc) is 2.44. The first-order chi connectivity index (χ1) is 9.52. The SMILES string of the molecule is CCC(C)OCC(=O)NC(CC(=O)O)c1ccccc1. The smallest absolute Gasteiger partial charge is 0.305 e. The highest BCUT2D eigenvalue weighted by Gasteiger charge is 2.18. The molecule has 0 radical (unpaired) electrons. The second kappa shape index (κ2) is 8.32. The van der Waals surface area contributed by atoms with Gasteiger partial charge in [0.1, 0.15) is 6.61 Å². The van der Waals surface area contributed by atoms with Gasteiger partial charge in [0.15, 0.2) is 0 Å². The minimum atomic E-state index is -0.956. The molecule has 0 spiro atoms. The molecule has 5 nitrogen and oxygen atoms in total. The van der Waals surface area contributed by atoms with Gasteiger partial charge in [0, 0.05) is 0 Å². The van der Waals surface area contributed by atoms with E-state index in [2.05, 4.69) is 5.32 Å². The summed E-state index contributed by atoms with van der Waals surface area (Å²) in [5.41, 5.74) is 0.770. The molecule has 0 saturated heterocycles. The summed E-state index contributed by atoms with van der Waals surface area (Å²) < 4.78 is 5.34. The van der Waals surface area contributed by atoms with E-state index in [-0.39, 0.29) is 25.0 Å². The quantitative estimate of drug-likeness (QED) is 0.764. The van der Waals surface area contributed by atoms with Crippen molar-refractivity contribution in [2.24, 2.45) is 0 Å². The minimum Gasteiger partial charge on any atom is -0.481 e. The van der Waals surface area contributed by atoms with Gasteiger partial charge < -0.3 is 15.2 Å². The summed E-state index contributed by atoms with van der Waals surface area (Å²) in [5.74, 6) is -1.26. The lowest BCUT2D eigenvalue weighted by atomic mass is 10.0. The van der Waals surface area contributed by atoms with Crippen LogP contribution in [-0.2, 0) is 14.3 Å². The summed E-state index contributed by atoms with van der Waals surface area (Å²) in [6.07, 6.45) is 0.680. The van der Waals surface area contributed by atoms with Crippen molar-refractivity contribution in [2.45, 2.75) is 38.8 Å². The van der Waals surface area contributed by atoms with Gasteiger partial charge in [-0.1, -0.05) is 37.3 Å². The zero-order valence-corrected chi connectivity index (χ0v) is 11.8. The van der Waals surface area contributed by atoms with Gasteiger partial charge in [-0.3, -0.25) is 9.59 Å². The van der Waals surface area contributed by atoms with E-state index in [1.165, 1.54) is 0 Å². The topological polar surface area (TPSA) is 75.6 Å². The van der Waals surface area contributed by atoms with Crippen molar-refractivity contribution in [3.63, 3.8) is 0 Å². The Kier molecular flexibility index (Phi) is 6.73. The highest BCUT2D eigenvalue weighted by Crippen LogP contribution is 2.16. The number of nitrogens with one attached hydrogen (secondary N) is 1. The van der Waals surface area contributed by atoms with Crippen LogP contribution in [-0.4, -0.2) is 29.7 Å². The molecule has 2 unspecified atom stereocenters. The Bertz CT molecular complexity index is 433. The summed E-state index contributed by atoms with van der Waals surface area (Å²) >= 11 is 0. The zero-order chi connectivity index (χ0) is 15.0. The standard InChI is InChI=1S/C15H21NO4/c1-3-11(2)20-10-14(17)16-13(9-15(18)19)12-7-5-4-6-8-12/h4-8,11,13H,3,9-10H2,1-2H3,(H,16,17)(H,18,19). The second-order valence-electron chi connectivity index (χ2n) is 4.66. The van der Waals surface area contributed by atoms with Gasteiger partial charge >= 0.3 is 5.97 Å². The average molecular weight is 279 g/mol. The van der Waals surface area contributed by atoms with Crippen LogP contribution in [0.5, 0.6) is 0 Å². The summed E-state index contributed by atoms with van der Waals surface area (Å²) in [6, 6.07) is 8.52. The number of ether oxygens (including phenoxy) is 1. The molecule has 5 heteroatoms. The molecule has 20 heavy (non-hydrogen) atoms. The lowest BCUT2D eigenvalue weighted by Gasteiger charge is -2.18. The summed E-state index contributed by atoms with van der Waals surface area (Å²) in [7, 11) is 0. The van der Waals surface area contributed by atoms with E-state index in [0.29, 0.717) is 0 Å². The second-order valence-corrected chi connectivity index (χ2v) is 4.66. The highest BCUT2D eigenvalue weighted by molar-refractivity contribution is 5.78. The van der Waals surface area contributed by atoms with Crippen LogP contribution in [0.25, 0.3) is 0 Å². The molecule has 0 aliphatic heterocycles. The van der Waals surface area contributed by atoms with Crippen molar-refractivity contribution in [1.82, 2.24) is 5.32 Å². The fourth-order valence-electron chi connectivity index (χ4n) is 1.68. The maximum absolute atomic E-state index is 11.8. The van der Waals surface area contributed by atoms with Crippen LogP contribution in [0.15, 0.2) is 30.3 Å². The fraction of sp³-hybridized carbons (Fsp3) is 0.467. The molecule has 0 fully saturated rings. The molecule has 0 aliphatic carbocycles. The third-order valence-corrected chi connectivity index (χ3v) is 2.99. The van der Waals surface area contributed by atoms with Crippen molar-refractivity contribution >= 4 is 11.9 Å². The Balaban J connectivity index is 2.61. The van der Waals surface area contributed by atoms with Crippen LogP contribution in [0.4, 0.5) is 0 Å². The number of aliphatic carboxylic acids is 1. The molecular formula is C15H21NO4. The first-order valence-electron chi connectivity index (χ1n) is 6.70. The highest BCUT2D eigenvalue weighted by atomic mass is 16.5. The molecule has 110 valence electrons. The van der Waals surface area contributed by atoms with E-state index in [0.717, 1.165) is 12.0 Å². The van der Waals surface area contributed by atoms with Gasteiger partial charge in [0.2, 0.25) is 5.91 Å². The number of benzene rings is 1. The third kappa shape index (κ3) is 5.84. The molecule has 1 aromatic carbocycles. The molecule has 0 saturated carbocycles. The van der Waals surface area contributed by atoms with E-state index in [1.807, 2.05) is 32.0 Å². The van der Waals surface area contributed by atoms with E-state index in [4.69, 9.17) is 9.84 Å². The maximum Gasteiger partial charge on any atom is 0.305 e. The molecule has 0 aromatic heterocycles. The van der Waals surface area contributed by atoms with Crippen LogP contribution >= 0.6 is 0 Å². The first kappa shape index (κ1) is 16.2. The van der Waals surface area contributed by atoms with Crippen LogP contribution < -0.4 is 5.32 Å². The normalized spacial score (nSPS) is 13.5. The van der Waals surface area contributed by atoms with Gasteiger partial charge in [0.25, 0.3) is 0 Å². The Labute approximate surface area is 118 Å². The lowest BCUT2D eigenvalue weighted by molar-refractivity contribution is -0.138. The molecule has 2 atom stereocenters. The van der Waals surface area contributed by atoms with E-state index in [9.17, 15) is 9.59 Å². The third-order valence-electron chi connectivity index (χ3n) is 2.99. The van der Waals surface area contributed by atoms with Gasteiger partial charge in [-0.05, 0) is 18.9 Å². The van der Waals surface area contributed by atoms with Crippen molar-refractivity contribution in [3.05, 3.63) is 35.9 Å². The number of rotatable bonds is 8. The number of carbonyl (C=O) groups excluding carboxylic acids is 1. The van der Waals surface area contributed by atoms with Crippen molar-refractivity contribution in [2.75, 3.05) is 6.61 Å². The maximum atomic E-state index is 11.8. The Hall–Kier alpha value is -1.88. The molecule has 0 aliphatic rings. The Morgan fingerprint density at radius 1 is 1.30 bits per heavy atom. The molecule has 0 bridgehead atoms. The van der Waals surface area contributed by atoms with Crippen LogP contribution in [0, 0.1) is 0 Å². The molecule has 2 N–H and O–H groups in total. The largest absolute Gasteiger partial charge is 0.481 e. The van der Waals surface area contributed by atoms with Crippen LogP contribution in [0.3, 0.4) is 0 Å². The van der Waals surface area contributed by atoms with Crippen LogP contribution in [0.1, 0.15) is 38.3 Å². The van der Waals surface area contributed by atoms with E-state index in [1.54, 1.807) is 12.1 Å². The van der Waals surface area contributed by atoms with E-state index >= 15 is 0 Å². The number of carboxylic acids is 1. The van der Waals surface area contributed by atoms with Gasteiger partial charge in [0.05, 0.1) is 18.6 Å². The minimum absolute atomic E-state index is 0.00963. The van der Waals surface area contributed by atoms with Gasteiger partial charge in [-0.2, -0.15) is 0 Å². The number of amides is 1.